The molecule has 0 spiro atoms. The van der Waals surface area contributed by atoms with Crippen molar-refractivity contribution in [1.29, 1.82) is 0 Å². The van der Waals surface area contributed by atoms with E-state index in [1.54, 1.807) is 6.07 Å². The second-order valence-corrected chi connectivity index (χ2v) is 6.49. The average Bonchev–Trinajstić information content (AvgIpc) is 2.57. The Morgan fingerprint density at radius 2 is 1.72 bits per heavy atom. The zero-order valence-electron chi connectivity index (χ0n) is 14.5. The fourth-order valence-electron chi connectivity index (χ4n) is 3.04. The molecule has 25 heavy (non-hydrogen) atoms. The smallest absolute Gasteiger partial charge is 0.258 e. The van der Waals surface area contributed by atoms with Crippen LogP contribution in [0, 0.1) is 0 Å². The first-order valence-electron chi connectivity index (χ1n) is 8.30. The van der Waals surface area contributed by atoms with Crippen LogP contribution in [0.2, 0.25) is 0 Å². The fraction of sp³-hybridized carbons (Fsp3) is 0.250. The van der Waals surface area contributed by atoms with Crippen LogP contribution >= 0.6 is 0 Å². The second kappa shape index (κ2) is 7.51. The lowest BCUT2D eigenvalue weighted by Gasteiger charge is -2.12. The van der Waals surface area contributed by atoms with Crippen molar-refractivity contribution < 1.29 is 5.11 Å². The molecule has 0 saturated heterocycles. The Hall–Kier alpha value is -2.63. The minimum absolute atomic E-state index is 0.0717. The van der Waals surface area contributed by atoms with E-state index < -0.39 is 0 Å². The standard InChI is InChI=1S/C20H23N3O2/c1-23(2)13-15-7-5-6-14(10-15)11-21-12-18-16-8-3-4-9-17(16)19(24)22-20(18)25/h3-10,21H,11-13H2,1-2H3,(H2,22,24,25). The molecule has 0 radical (unpaired) electrons. The van der Waals surface area contributed by atoms with Gasteiger partial charge in [-0.1, -0.05) is 42.5 Å². The van der Waals surface area contributed by atoms with Gasteiger partial charge in [0.05, 0.1) is 0 Å². The van der Waals surface area contributed by atoms with Crippen molar-refractivity contribution in [3.05, 3.63) is 75.6 Å². The molecule has 0 aliphatic rings. The summed E-state index contributed by atoms with van der Waals surface area (Å²) in [5.74, 6) is -0.0717. The summed E-state index contributed by atoms with van der Waals surface area (Å²) in [7, 11) is 4.10. The first kappa shape index (κ1) is 17.2. The van der Waals surface area contributed by atoms with Gasteiger partial charge in [0.2, 0.25) is 0 Å². The van der Waals surface area contributed by atoms with Crippen molar-refractivity contribution in [2.45, 2.75) is 19.6 Å². The van der Waals surface area contributed by atoms with Gasteiger partial charge in [0.25, 0.3) is 5.56 Å². The molecule has 5 nitrogen and oxygen atoms in total. The molecule has 0 atom stereocenters. The van der Waals surface area contributed by atoms with E-state index in [4.69, 9.17) is 0 Å². The van der Waals surface area contributed by atoms with Gasteiger partial charge in [-0.15, -0.1) is 0 Å². The Morgan fingerprint density at radius 3 is 2.48 bits per heavy atom. The van der Waals surface area contributed by atoms with Crippen LogP contribution in [0.25, 0.3) is 10.8 Å². The van der Waals surface area contributed by atoms with Crippen LogP contribution < -0.4 is 10.9 Å². The molecule has 0 aliphatic carbocycles. The first-order valence-corrected chi connectivity index (χ1v) is 8.30. The number of fused-ring (bicyclic) bond motifs is 1. The molecule has 0 unspecified atom stereocenters. The van der Waals surface area contributed by atoms with E-state index in [0.29, 0.717) is 24.0 Å². The molecule has 1 heterocycles. The first-order chi connectivity index (χ1) is 12.0. The maximum atomic E-state index is 11.9. The molecule has 0 fully saturated rings. The van der Waals surface area contributed by atoms with Crippen LogP contribution in [0.15, 0.2) is 53.3 Å². The highest BCUT2D eigenvalue weighted by atomic mass is 16.3. The highest BCUT2D eigenvalue weighted by Crippen LogP contribution is 2.22. The summed E-state index contributed by atoms with van der Waals surface area (Å²) < 4.78 is 0. The molecule has 0 aliphatic heterocycles. The van der Waals surface area contributed by atoms with Crippen LogP contribution in [0.5, 0.6) is 5.88 Å². The average molecular weight is 337 g/mol. The Bertz CT molecular complexity index is 932. The predicted octanol–water partition coefficient (Wildman–Crippen LogP) is 2.59. The lowest BCUT2D eigenvalue weighted by atomic mass is 10.1. The summed E-state index contributed by atoms with van der Waals surface area (Å²) in [6.45, 7) is 2.06. The molecule has 3 rings (SSSR count). The molecule has 1 aromatic heterocycles. The van der Waals surface area contributed by atoms with E-state index in [9.17, 15) is 9.90 Å². The van der Waals surface area contributed by atoms with Crippen molar-refractivity contribution in [2.24, 2.45) is 0 Å². The predicted molar refractivity (Wildman–Crippen MR) is 101 cm³/mol. The summed E-state index contributed by atoms with van der Waals surface area (Å²) in [6, 6.07) is 15.8. The van der Waals surface area contributed by atoms with Crippen LogP contribution in [-0.2, 0) is 19.6 Å². The number of benzene rings is 2. The summed E-state index contributed by atoms with van der Waals surface area (Å²) in [6.07, 6.45) is 0. The largest absolute Gasteiger partial charge is 0.494 e. The lowest BCUT2D eigenvalue weighted by molar-refractivity contribution is 0.402. The zero-order chi connectivity index (χ0) is 17.8. The van der Waals surface area contributed by atoms with Crippen LogP contribution in [0.1, 0.15) is 16.7 Å². The van der Waals surface area contributed by atoms with Crippen molar-refractivity contribution in [1.82, 2.24) is 15.2 Å². The van der Waals surface area contributed by atoms with Crippen LogP contribution in [-0.4, -0.2) is 29.1 Å². The zero-order valence-corrected chi connectivity index (χ0v) is 14.5. The Kier molecular flexibility index (Phi) is 5.16. The molecule has 2 aromatic carbocycles. The molecular weight excluding hydrogens is 314 g/mol. The van der Waals surface area contributed by atoms with E-state index in [2.05, 4.69) is 53.6 Å². The molecule has 0 amide bonds. The van der Waals surface area contributed by atoms with Gasteiger partial charge in [-0.05, 0) is 36.7 Å². The minimum atomic E-state index is -0.270. The van der Waals surface area contributed by atoms with Gasteiger partial charge >= 0.3 is 0 Å². The molecule has 3 aromatic rings. The number of H-pyrrole nitrogens is 1. The van der Waals surface area contributed by atoms with Crippen molar-refractivity contribution in [3.63, 3.8) is 0 Å². The fourth-order valence-corrected chi connectivity index (χ4v) is 3.04. The third kappa shape index (κ3) is 4.07. The van der Waals surface area contributed by atoms with E-state index in [-0.39, 0.29) is 11.4 Å². The number of pyridine rings is 1. The summed E-state index contributed by atoms with van der Waals surface area (Å²) >= 11 is 0. The number of nitrogens with zero attached hydrogens (tertiary/aromatic N) is 1. The third-order valence-corrected chi connectivity index (χ3v) is 4.14. The van der Waals surface area contributed by atoms with Crippen LogP contribution in [0.3, 0.4) is 0 Å². The van der Waals surface area contributed by atoms with E-state index in [1.165, 1.54) is 11.1 Å². The summed E-state index contributed by atoms with van der Waals surface area (Å²) in [5, 5.41) is 14.8. The molecule has 0 saturated carbocycles. The number of aromatic nitrogens is 1. The number of nitrogens with one attached hydrogen (secondary N) is 2. The maximum Gasteiger partial charge on any atom is 0.258 e. The summed E-state index contributed by atoms with van der Waals surface area (Å²) in [4.78, 5) is 16.6. The quantitative estimate of drug-likeness (QED) is 0.647. The Balaban J connectivity index is 1.75. The molecule has 5 heteroatoms. The molecule has 0 bridgehead atoms. The van der Waals surface area contributed by atoms with Gasteiger partial charge in [-0.2, -0.15) is 0 Å². The topological polar surface area (TPSA) is 68.4 Å². The molecular formula is C20H23N3O2. The number of rotatable bonds is 6. The third-order valence-electron chi connectivity index (χ3n) is 4.14. The molecule has 130 valence electrons. The van der Waals surface area contributed by atoms with E-state index in [0.717, 1.165) is 11.9 Å². The molecule has 3 N–H and O–H groups in total. The number of hydrogen-bond acceptors (Lipinski definition) is 4. The Morgan fingerprint density at radius 1 is 1.00 bits per heavy atom. The van der Waals surface area contributed by atoms with Crippen molar-refractivity contribution in [3.8, 4) is 5.88 Å². The van der Waals surface area contributed by atoms with E-state index in [1.807, 2.05) is 18.2 Å². The van der Waals surface area contributed by atoms with Gasteiger partial charge in [0, 0.05) is 30.6 Å². The van der Waals surface area contributed by atoms with Crippen LogP contribution in [0.4, 0.5) is 0 Å². The monoisotopic (exact) mass is 337 g/mol. The van der Waals surface area contributed by atoms with Crippen molar-refractivity contribution >= 4 is 10.8 Å². The minimum Gasteiger partial charge on any atom is -0.494 e. The lowest BCUT2D eigenvalue weighted by Crippen LogP contribution is -2.16. The normalized spacial score (nSPS) is 11.3. The van der Waals surface area contributed by atoms with Gasteiger partial charge in [0.1, 0.15) is 0 Å². The van der Waals surface area contributed by atoms with Gasteiger partial charge in [-0.3, -0.25) is 9.78 Å². The van der Waals surface area contributed by atoms with Crippen molar-refractivity contribution in [2.75, 3.05) is 14.1 Å². The number of aromatic amines is 1. The van der Waals surface area contributed by atoms with Gasteiger partial charge in [-0.25, -0.2) is 0 Å². The van der Waals surface area contributed by atoms with E-state index >= 15 is 0 Å². The SMILES string of the molecule is CN(C)Cc1cccc(CNCc2c(O)[nH]c(=O)c3ccccc23)c1. The van der Waals surface area contributed by atoms with Gasteiger partial charge in [0.15, 0.2) is 5.88 Å². The van der Waals surface area contributed by atoms with Gasteiger partial charge < -0.3 is 15.3 Å². The second-order valence-electron chi connectivity index (χ2n) is 6.49. The number of aromatic hydroxyl groups is 1. The highest BCUT2D eigenvalue weighted by molar-refractivity contribution is 5.86. The summed E-state index contributed by atoms with van der Waals surface area (Å²) in [5.41, 5.74) is 2.89. The highest BCUT2D eigenvalue weighted by Gasteiger charge is 2.10. The number of hydrogen-bond donors (Lipinski definition) is 3. The maximum absolute atomic E-state index is 11.9. The Labute approximate surface area is 146 Å².